The van der Waals surface area contributed by atoms with Crippen molar-refractivity contribution in [3.8, 4) is 0 Å². The quantitative estimate of drug-likeness (QED) is 0.603. The minimum Gasteiger partial charge on any atom is -0.294 e. The predicted octanol–water partition coefficient (Wildman–Crippen LogP) is 3.39. The van der Waals surface area contributed by atoms with Crippen LogP contribution in [0.1, 0.15) is 35.2 Å². The molecule has 3 heteroatoms. The van der Waals surface area contributed by atoms with Crippen LogP contribution >= 0.6 is 11.6 Å². The molecule has 74 valence electrons. The van der Waals surface area contributed by atoms with Crippen molar-refractivity contribution in [2.24, 2.45) is 0 Å². The van der Waals surface area contributed by atoms with Crippen molar-refractivity contribution in [2.75, 3.05) is 0 Å². The van der Waals surface area contributed by atoms with Crippen LogP contribution in [-0.4, -0.2) is 5.78 Å². The van der Waals surface area contributed by atoms with Gasteiger partial charge in [-0.2, -0.15) is 0 Å². The summed E-state index contributed by atoms with van der Waals surface area (Å²) < 4.78 is 13.4. The van der Waals surface area contributed by atoms with Gasteiger partial charge in [0.05, 0.1) is 5.56 Å². The Balaban J connectivity index is 2.62. The van der Waals surface area contributed by atoms with Crippen molar-refractivity contribution in [2.45, 2.75) is 25.7 Å². The van der Waals surface area contributed by atoms with Crippen molar-refractivity contribution in [3.05, 3.63) is 34.1 Å². The van der Waals surface area contributed by atoms with Gasteiger partial charge in [-0.1, -0.05) is 11.6 Å². The second kappa shape index (κ2) is 3.70. The van der Waals surface area contributed by atoms with Crippen molar-refractivity contribution >= 4 is 17.4 Å². The first kappa shape index (κ1) is 9.66. The van der Waals surface area contributed by atoms with E-state index < -0.39 is 5.82 Å². The second-order valence-corrected chi connectivity index (χ2v) is 3.92. The number of rotatable bonds is 0. The van der Waals surface area contributed by atoms with E-state index >= 15 is 0 Å². The molecule has 0 aliphatic heterocycles. The maximum Gasteiger partial charge on any atom is 0.166 e. The first-order valence-corrected chi connectivity index (χ1v) is 5.08. The van der Waals surface area contributed by atoms with E-state index in [4.69, 9.17) is 11.6 Å². The molecule has 0 saturated heterocycles. The molecule has 14 heavy (non-hydrogen) atoms. The van der Waals surface area contributed by atoms with Crippen LogP contribution in [0, 0.1) is 5.82 Å². The molecular weight excluding hydrogens is 203 g/mol. The van der Waals surface area contributed by atoms with E-state index in [2.05, 4.69) is 0 Å². The number of ketones is 1. The number of carbonyl (C=O) groups excluding carboxylic acids is 1. The van der Waals surface area contributed by atoms with Gasteiger partial charge in [-0.05, 0) is 37.0 Å². The lowest BCUT2D eigenvalue weighted by Gasteiger charge is -2.07. The molecule has 0 amide bonds. The van der Waals surface area contributed by atoms with Crippen molar-refractivity contribution in [1.29, 1.82) is 0 Å². The average molecular weight is 213 g/mol. The fourth-order valence-corrected chi connectivity index (χ4v) is 2.10. The highest BCUT2D eigenvalue weighted by Crippen LogP contribution is 2.28. The van der Waals surface area contributed by atoms with Crippen LogP contribution in [0.5, 0.6) is 0 Å². The largest absolute Gasteiger partial charge is 0.294 e. The van der Waals surface area contributed by atoms with Gasteiger partial charge in [-0.25, -0.2) is 4.39 Å². The molecule has 2 rings (SSSR count). The highest BCUT2D eigenvalue weighted by molar-refractivity contribution is 6.32. The van der Waals surface area contributed by atoms with E-state index in [1.807, 2.05) is 0 Å². The van der Waals surface area contributed by atoms with Crippen LogP contribution in [0.2, 0.25) is 5.02 Å². The summed E-state index contributed by atoms with van der Waals surface area (Å²) in [5.74, 6) is -0.547. The number of benzene rings is 1. The topological polar surface area (TPSA) is 17.1 Å². The Morgan fingerprint density at radius 2 is 1.93 bits per heavy atom. The highest BCUT2D eigenvalue weighted by Gasteiger charge is 2.21. The van der Waals surface area contributed by atoms with Gasteiger partial charge in [0.25, 0.3) is 0 Å². The van der Waals surface area contributed by atoms with Gasteiger partial charge in [-0.3, -0.25) is 4.79 Å². The zero-order valence-corrected chi connectivity index (χ0v) is 8.40. The molecular formula is C11H10ClFO. The van der Waals surface area contributed by atoms with E-state index in [0.717, 1.165) is 12.8 Å². The van der Waals surface area contributed by atoms with Crippen molar-refractivity contribution < 1.29 is 9.18 Å². The first-order chi connectivity index (χ1) is 6.70. The highest BCUT2D eigenvalue weighted by atomic mass is 35.5. The number of Topliss-reactive ketones (excluding diaryl/α,β-unsaturated/α-hetero) is 1. The lowest BCUT2D eigenvalue weighted by molar-refractivity contribution is 0.0978. The summed E-state index contributed by atoms with van der Waals surface area (Å²) in [5, 5.41) is 0.511. The molecule has 0 atom stereocenters. The second-order valence-electron chi connectivity index (χ2n) is 3.51. The Morgan fingerprint density at radius 1 is 1.21 bits per heavy atom. The summed E-state index contributed by atoms with van der Waals surface area (Å²) in [6.45, 7) is 0. The zero-order chi connectivity index (χ0) is 10.1. The smallest absolute Gasteiger partial charge is 0.166 e. The molecule has 1 aromatic rings. The number of halogens is 2. The van der Waals surface area contributed by atoms with Gasteiger partial charge in [0.2, 0.25) is 0 Å². The maximum absolute atomic E-state index is 13.4. The fraction of sp³-hybridized carbons (Fsp3) is 0.364. The van der Waals surface area contributed by atoms with Crippen LogP contribution in [0.3, 0.4) is 0 Å². The molecule has 1 aliphatic rings. The number of hydrogen-bond acceptors (Lipinski definition) is 1. The minimum atomic E-state index is -0.434. The first-order valence-electron chi connectivity index (χ1n) is 4.70. The molecule has 0 unspecified atom stereocenters. The van der Waals surface area contributed by atoms with Crippen molar-refractivity contribution in [1.82, 2.24) is 0 Å². The third-order valence-electron chi connectivity index (χ3n) is 2.56. The summed E-state index contributed by atoms with van der Waals surface area (Å²) in [7, 11) is 0. The summed E-state index contributed by atoms with van der Waals surface area (Å²) in [4.78, 5) is 11.6. The van der Waals surface area contributed by atoms with Crippen LogP contribution in [-0.2, 0) is 6.42 Å². The van der Waals surface area contributed by atoms with Gasteiger partial charge in [-0.15, -0.1) is 0 Å². The average Bonchev–Trinajstić information content (AvgIpc) is 2.35. The van der Waals surface area contributed by atoms with Gasteiger partial charge in [0.15, 0.2) is 5.78 Å². The molecule has 0 fully saturated rings. The van der Waals surface area contributed by atoms with E-state index in [9.17, 15) is 9.18 Å². The lowest BCUT2D eigenvalue weighted by Crippen LogP contribution is -2.04. The number of hydrogen-bond donors (Lipinski definition) is 0. The summed E-state index contributed by atoms with van der Waals surface area (Å²) in [5.41, 5.74) is 0.907. The Bertz CT molecular complexity index is 387. The Morgan fingerprint density at radius 3 is 2.71 bits per heavy atom. The maximum atomic E-state index is 13.4. The van der Waals surface area contributed by atoms with E-state index in [0.29, 0.717) is 23.4 Å². The van der Waals surface area contributed by atoms with Gasteiger partial charge >= 0.3 is 0 Å². The molecule has 1 aromatic carbocycles. The third kappa shape index (κ3) is 1.55. The van der Waals surface area contributed by atoms with Gasteiger partial charge in [0.1, 0.15) is 5.82 Å². The fourth-order valence-electron chi connectivity index (χ4n) is 1.85. The summed E-state index contributed by atoms with van der Waals surface area (Å²) in [6.07, 6.45) is 2.87. The SMILES string of the molecule is O=C1CCCCc2c(Cl)ccc(F)c21. The van der Waals surface area contributed by atoms with E-state index in [1.165, 1.54) is 12.1 Å². The molecule has 0 N–H and O–H groups in total. The Labute approximate surface area is 86.9 Å². The van der Waals surface area contributed by atoms with E-state index in [1.54, 1.807) is 0 Å². The summed E-state index contributed by atoms with van der Waals surface area (Å²) in [6, 6.07) is 2.79. The third-order valence-corrected chi connectivity index (χ3v) is 2.92. The Hall–Kier alpha value is -0.890. The normalized spacial score (nSPS) is 16.3. The van der Waals surface area contributed by atoms with Gasteiger partial charge < -0.3 is 0 Å². The molecule has 0 heterocycles. The summed E-state index contributed by atoms with van der Waals surface area (Å²) >= 11 is 5.93. The number of carbonyl (C=O) groups is 1. The monoisotopic (exact) mass is 212 g/mol. The molecule has 0 saturated carbocycles. The molecule has 0 aromatic heterocycles. The van der Waals surface area contributed by atoms with Crippen LogP contribution in [0.4, 0.5) is 4.39 Å². The standard InChI is InChI=1S/C11H10ClFO/c12-8-5-6-9(13)11-7(8)3-1-2-4-10(11)14/h5-6H,1-4H2. The molecule has 0 radical (unpaired) electrons. The zero-order valence-electron chi connectivity index (χ0n) is 7.65. The molecule has 1 nitrogen and oxygen atoms in total. The van der Waals surface area contributed by atoms with Crippen molar-refractivity contribution in [3.63, 3.8) is 0 Å². The molecule has 0 spiro atoms. The molecule has 0 bridgehead atoms. The van der Waals surface area contributed by atoms with Crippen LogP contribution in [0.25, 0.3) is 0 Å². The Kier molecular flexibility index (Phi) is 2.55. The number of fused-ring (bicyclic) bond motifs is 1. The molecule has 1 aliphatic carbocycles. The predicted molar refractivity (Wildman–Crippen MR) is 53.3 cm³/mol. The van der Waals surface area contributed by atoms with Crippen LogP contribution in [0.15, 0.2) is 12.1 Å². The van der Waals surface area contributed by atoms with Gasteiger partial charge in [0, 0.05) is 11.4 Å². The lowest BCUT2D eigenvalue weighted by atomic mass is 10.0. The van der Waals surface area contributed by atoms with Crippen LogP contribution < -0.4 is 0 Å². The van der Waals surface area contributed by atoms with E-state index in [-0.39, 0.29) is 11.3 Å². The minimum absolute atomic E-state index is 0.113.